The molecule has 6 heteroatoms. The number of nitrogens with one attached hydrogen (secondary N) is 1. The minimum atomic E-state index is -0.109. The molecule has 1 amide bonds. The molecule has 0 aliphatic rings. The number of benzene rings is 1. The van der Waals surface area contributed by atoms with Gasteiger partial charge in [-0.3, -0.25) is 4.79 Å². The summed E-state index contributed by atoms with van der Waals surface area (Å²) in [5.74, 6) is -0.109. The summed E-state index contributed by atoms with van der Waals surface area (Å²) in [5.41, 5.74) is 7.67. The molecule has 1 heterocycles. The lowest BCUT2D eigenvalue weighted by Crippen LogP contribution is -2.22. The van der Waals surface area contributed by atoms with E-state index in [1.165, 1.54) is 16.9 Å². The normalized spacial score (nSPS) is 10.4. The molecule has 0 aliphatic heterocycles. The lowest BCUT2D eigenvalue weighted by molar-refractivity contribution is 0.0960. The highest BCUT2D eigenvalue weighted by molar-refractivity contribution is 9.10. The van der Waals surface area contributed by atoms with Crippen LogP contribution in [0, 0.1) is 0 Å². The fraction of sp³-hybridized carbons (Fsp3) is 0.267. The zero-order valence-corrected chi connectivity index (χ0v) is 14.4. The van der Waals surface area contributed by atoms with Gasteiger partial charge in [0.2, 0.25) is 0 Å². The Morgan fingerprint density at radius 2 is 2.19 bits per heavy atom. The Bertz CT molecular complexity index is 642. The third-order valence-electron chi connectivity index (χ3n) is 2.98. The zero-order chi connectivity index (χ0) is 15.4. The summed E-state index contributed by atoms with van der Waals surface area (Å²) in [4.78, 5) is 14.6. The van der Waals surface area contributed by atoms with Crippen LogP contribution in [-0.2, 0) is 6.54 Å². The van der Waals surface area contributed by atoms with E-state index in [2.05, 4.69) is 38.3 Å². The fourth-order valence-electron chi connectivity index (χ4n) is 1.99. The molecule has 112 valence electrons. The van der Waals surface area contributed by atoms with Crippen molar-refractivity contribution < 1.29 is 4.79 Å². The highest BCUT2D eigenvalue weighted by Crippen LogP contribution is 2.32. The van der Waals surface area contributed by atoms with E-state index >= 15 is 0 Å². The van der Waals surface area contributed by atoms with Crippen molar-refractivity contribution in [3.8, 4) is 0 Å². The van der Waals surface area contributed by atoms with Gasteiger partial charge in [0.15, 0.2) is 0 Å². The van der Waals surface area contributed by atoms with Crippen molar-refractivity contribution in [2.45, 2.75) is 13.5 Å². The smallest absolute Gasteiger partial charge is 0.263 e. The second kappa shape index (κ2) is 6.95. The molecule has 0 unspecified atom stereocenters. The van der Waals surface area contributed by atoms with Gasteiger partial charge in [-0.25, -0.2) is 0 Å². The number of nitrogens with zero attached hydrogens (tertiary/aromatic N) is 1. The summed E-state index contributed by atoms with van der Waals surface area (Å²) in [6, 6.07) is 10.0. The average molecular weight is 368 g/mol. The van der Waals surface area contributed by atoms with Crippen molar-refractivity contribution in [1.29, 1.82) is 0 Å². The predicted molar refractivity (Wildman–Crippen MR) is 93.0 cm³/mol. The summed E-state index contributed by atoms with van der Waals surface area (Å²) in [6.45, 7) is 3.25. The minimum Gasteiger partial charge on any atom is -0.397 e. The first-order chi connectivity index (χ1) is 10.0. The number of thiophene rings is 1. The minimum absolute atomic E-state index is 0.109. The summed E-state index contributed by atoms with van der Waals surface area (Å²) in [5, 5.41) is 3.76. The van der Waals surface area contributed by atoms with E-state index in [0.29, 0.717) is 17.1 Å². The molecule has 0 fully saturated rings. The average Bonchev–Trinajstić information content (AvgIpc) is 2.81. The molecule has 0 spiro atoms. The van der Waals surface area contributed by atoms with E-state index in [-0.39, 0.29) is 5.91 Å². The van der Waals surface area contributed by atoms with E-state index in [0.717, 1.165) is 16.0 Å². The second-order valence-corrected chi connectivity index (χ2v) is 6.66. The lowest BCUT2D eigenvalue weighted by atomic mass is 10.2. The largest absolute Gasteiger partial charge is 0.397 e. The van der Waals surface area contributed by atoms with E-state index in [1.54, 1.807) is 0 Å². The van der Waals surface area contributed by atoms with Crippen LogP contribution in [0.2, 0.25) is 0 Å². The van der Waals surface area contributed by atoms with E-state index in [1.807, 2.05) is 32.2 Å². The molecule has 1 aromatic carbocycles. The Morgan fingerprint density at radius 3 is 2.86 bits per heavy atom. The molecule has 2 aromatic rings. The number of carbonyl (C=O) groups is 1. The molecule has 0 saturated heterocycles. The number of halogens is 1. The lowest BCUT2D eigenvalue weighted by Gasteiger charge is -2.17. The van der Waals surface area contributed by atoms with Crippen molar-refractivity contribution in [2.75, 3.05) is 24.2 Å². The highest BCUT2D eigenvalue weighted by atomic mass is 79.9. The number of hydrogen-bond acceptors (Lipinski definition) is 4. The van der Waals surface area contributed by atoms with Gasteiger partial charge in [0.05, 0.1) is 10.7 Å². The molecule has 1 aromatic heterocycles. The van der Waals surface area contributed by atoms with Gasteiger partial charge in [0, 0.05) is 24.6 Å². The number of nitrogen functional groups attached to an aromatic ring is 1. The number of anilines is 2. The van der Waals surface area contributed by atoms with Gasteiger partial charge in [-0.15, -0.1) is 11.3 Å². The molecule has 0 saturated carbocycles. The van der Waals surface area contributed by atoms with Gasteiger partial charge < -0.3 is 16.0 Å². The maximum Gasteiger partial charge on any atom is 0.263 e. The van der Waals surface area contributed by atoms with Crippen LogP contribution < -0.4 is 16.0 Å². The Balaban J connectivity index is 2.14. The molecule has 21 heavy (non-hydrogen) atoms. The molecular weight excluding hydrogens is 350 g/mol. The van der Waals surface area contributed by atoms with E-state index in [4.69, 9.17) is 5.73 Å². The highest BCUT2D eigenvalue weighted by Gasteiger charge is 2.15. The van der Waals surface area contributed by atoms with E-state index in [9.17, 15) is 4.79 Å². The molecule has 2 rings (SSSR count). The number of nitrogens with two attached hydrogens (primary N) is 1. The maximum atomic E-state index is 11.9. The van der Waals surface area contributed by atoms with Crippen LogP contribution in [0.4, 0.5) is 10.7 Å². The van der Waals surface area contributed by atoms with Crippen LogP contribution in [0.3, 0.4) is 0 Å². The van der Waals surface area contributed by atoms with Crippen molar-refractivity contribution >= 4 is 43.9 Å². The summed E-state index contributed by atoms with van der Waals surface area (Å²) >= 11 is 4.89. The molecule has 0 aliphatic carbocycles. The van der Waals surface area contributed by atoms with Crippen LogP contribution in [0.5, 0.6) is 0 Å². The third kappa shape index (κ3) is 3.98. The Morgan fingerprint density at radius 1 is 1.43 bits per heavy atom. The SMILES string of the molecule is CCNC(=O)c1sc(N(C)Cc2cccc(Br)c2)cc1N. The monoisotopic (exact) mass is 367 g/mol. The van der Waals surface area contributed by atoms with Crippen LogP contribution in [0.25, 0.3) is 0 Å². The molecule has 0 radical (unpaired) electrons. The Hall–Kier alpha value is -1.53. The predicted octanol–water partition coefficient (Wildman–Crippen LogP) is 3.48. The van der Waals surface area contributed by atoms with Crippen molar-refractivity contribution in [3.63, 3.8) is 0 Å². The van der Waals surface area contributed by atoms with Crippen LogP contribution >= 0.6 is 27.3 Å². The fourth-order valence-corrected chi connectivity index (χ4v) is 3.39. The molecule has 0 bridgehead atoms. The van der Waals surface area contributed by atoms with E-state index < -0.39 is 0 Å². The third-order valence-corrected chi connectivity index (χ3v) is 4.73. The molecule has 3 N–H and O–H groups in total. The summed E-state index contributed by atoms with van der Waals surface area (Å²) < 4.78 is 1.06. The number of carbonyl (C=O) groups excluding carboxylic acids is 1. The van der Waals surface area contributed by atoms with Gasteiger partial charge in [0.25, 0.3) is 5.91 Å². The van der Waals surface area contributed by atoms with Gasteiger partial charge >= 0.3 is 0 Å². The standard InChI is InChI=1S/C15H18BrN3OS/c1-3-18-15(20)14-12(17)8-13(21-14)19(2)9-10-5-4-6-11(16)7-10/h4-8H,3,9,17H2,1-2H3,(H,18,20). The molecule has 0 atom stereocenters. The first kappa shape index (κ1) is 15.9. The summed E-state index contributed by atoms with van der Waals surface area (Å²) in [7, 11) is 1.99. The van der Waals surface area contributed by atoms with Crippen molar-refractivity contribution in [1.82, 2.24) is 5.32 Å². The number of rotatable bonds is 5. The van der Waals surface area contributed by atoms with Gasteiger partial charge in [-0.05, 0) is 30.7 Å². The second-order valence-electron chi connectivity index (χ2n) is 4.71. The van der Waals surface area contributed by atoms with Crippen LogP contribution in [-0.4, -0.2) is 19.5 Å². The molecule has 4 nitrogen and oxygen atoms in total. The van der Waals surface area contributed by atoms with Crippen molar-refractivity contribution in [2.24, 2.45) is 0 Å². The zero-order valence-electron chi connectivity index (χ0n) is 12.0. The first-order valence-electron chi connectivity index (χ1n) is 6.64. The first-order valence-corrected chi connectivity index (χ1v) is 8.25. The van der Waals surface area contributed by atoms with Crippen LogP contribution in [0.1, 0.15) is 22.2 Å². The maximum absolute atomic E-state index is 11.9. The number of amides is 1. The summed E-state index contributed by atoms with van der Waals surface area (Å²) in [6.07, 6.45) is 0. The van der Waals surface area contributed by atoms with Crippen molar-refractivity contribution in [3.05, 3.63) is 45.2 Å². The Labute approximate surface area is 137 Å². The number of hydrogen-bond donors (Lipinski definition) is 2. The Kier molecular flexibility index (Phi) is 5.25. The molecular formula is C15H18BrN3OS. The topological polar surface area (TPSA) is 58.4 Å². The van der Waals surface area contributed by atoms with Gasteiger partial charge in [-0.1, -0.05) is 28.1 Å². The van der Waals surface area contributed by atoms with Gasteiger partial charge in [-0.2, -0.15) is 0 Å². The van der Waals surface area contributed by atoms with Crippen LogP contribution in [0.15, 0.2) is 34.8 Å². The van der Waals surface area contributed by atoms with Gasteiger partial charge in [0.1, 0.15) is 4.88 Å². The quantitative estimate of drug-likeness (QED) is 0.850.